The van der Waals surface area contributed by atoms with E-state index < -0.39 is 22.0 Å². The molecule has 1 unspecified atom stereocenters. The predicted octanol–water partition coefficient (Wildman–Crippen LogP) is 0.0125. The first-order valence-electron chi connectivity index (χ1n) is 6.76. The van der Waals surface area contributed by atoms with E-state index in [-0.39, 0.29) is 10.0 Å². The minimum Gasteiger partial charge on any atom is -0.375 e. The lowest BCUT2D eigenvalue weighted by molar-refractivity contribution is -0.124. The van der Waals surface area contributed by atoms with Crippen LogP contribution in [0.4, 0.5) is 0 Å². The van der Waals surface area contributed by atoms with Gasteiger partial charge in [0.05, 0.1) is 4.90 Å². The molecular formula is C13H18N4O3S2. The topological polar surface area (TPSA) is 105 Å². The van der Waals surface area contributed by atoms with Gasteiger partial charge in [-0.3, -0.25) is 15.6 Å². The normalized spacial score (nSPS) is 18.9. The zero-order valence-electron chi connectivity index (χ0n) is 12.1. The fourth-order valence-electron chi connectivity index (χ4n) is 2.34. The lowest BCUT2D eigenvalue weighted by Crippen LogP contribution is -2.52. The molecule has 0 bridgehead atoms. The van der Waals surface area contributed by atoms with Gasteiger partial charge in [-0.1, -0.05) is 17.7 Å². The summed E-state index contributed by atoms with van der Waals surface area (Å²) in [6.07, 6.45) is 1.08. The van der Waals surface area contributed by atoms with Crippen molar-refractivity contribution >= 4 is 33.3 Å². The van der Waals surface area contributed by atoms with Crippen molar-refractivity contribution in [3.05, 3.63) is 29.8 Å². The van der Waals surface area contributed by atoms with Gasteiger partial charge in [0.15, 0.2) is 5.11 Å². The number of sulfonamides is 1. The SMILES string of the molecule is Cc1ccc(S(=O)(=O)N2CCCC2C(=O)NNC(N)=S)cc1. The molecular weight excluding hydrogens is 324 g/mol. The van der Waals surface area contributed by atoms with Gasteiger partial charge >= 0.3 is 0 Å². The summed E-state index contributed by atoms with van der Waals surface area (Å²) in [4.78, 5) is 12.3. The van der Waals surface area contributed by atoms with Gasteiger partial charge in [-0.05, 0) is 44.1 Å². The number of benzene rings is 1. The van der Waals surface area contributed by atoms with Crippen molar-refractivity contribution in [2.75, 3.05) is 6.54 Å². The van der Waals surface area contributed by atoms with Crippen molar-refractivity contribution in [3.63, 3.8) is 0 Å². The molecule has 0 aromatic heterocycles. The van der Waals surface area contributed by atoms with Crippen LogP contribution in [-0.4, -0.2) is 36.3 Å². The van der Waals surface area contributed by atoms with Crippen molar-refractivity contribution in [1.29, 1.82) is 0 Å². The molecule has 1 fully saturated rings. The van der Waals surface area contributed by atoms with Crippen molar-refractivity contribution in [2.45, 2.75) is 30.7 Å². The molecule has 2 rings (SSSR count). The monoisotopic (exact) mass is 342 g/mol. The van der Waals surface area contributed by atoms with Crippen LogP contribution in [0.25, 0.3) is 0 Å². The van der Waals surface area contributed by atoms with Gasteiger partial charge in [-0.25, -0.2) is 8.42 Å². The molecule has 120 valence electrons. The van der Waals surface area contributed by atoms with E-state index in [0.717, 1.165) is 5.56 Å². The van der Waals surface area contributed by atoms with Crippen molar-refractivity contribution in [2.24, 2.45) is 5.73 Å². The highest BCUT2D eigenvalue weighted by Gasteiger charge is 2.39. The molecule has 1 aliphatic rings. The lowest BCUT2D eigenvalue weighted by Gasteiger charge is -2.23. The van der Waals surface area contributed by atoms with Crippen LogP contribution in [-0.2, 0) is 14.8 Å². The number of nitrogens with one attached hydrogen (secondary N) is 2. The van der Waals surface area contributed by atoms with E-state index in [4.69, 9.17) is 5.73 Å². The van der Waals surface area contributed by atoms with Crippen LogP contribution < -0.4 is 16.6 Å². The smallest absolute Gasteiger partial charge is 0.256 e. The highest BCUT2D eigenvalue weighted by Crippen LogP contribution is 2.26. The minimum atomic E-state index is -3.71. The Labute approximate surface area is 134 Å². The summed E-state index contributed by atoms with van der Waals surface area (Å²) in [6, 6.07) is 5.78. The number of aryl methyl sites for hydroxylation is 1. The molecule has 1 atom stereocenters. The Bertz CT molecular complexity index is 673. The van der Waals surface area contributed by atoms with E-state index in [0.29, 0.717) is 19.4 Å². The van der Waals surface area contributed by atoms with Crippen LogP contribution in [0.3, 0.4) is 0 Å². The van der Waals surface area contributed by atoms with Gasteiger partial charge in [-0.15, -0.1) is 0 Å². The van der Waals surface area contributed by atoms with Gasteiger partial charge in [0.25, 0.3) is 5.91 Å². The molecule has 0 spiro atoms. The maximum Gasteiger partial charge on any atom is 0.256 e. The Morgan fingerprint density at radius 1 is 1.32 bits per heavy atom. The molecule has 1 aliphatic heterocycles. The maximum atomic E-state index is 12.7. The summed E-state index contributed by atoms with van der Waals surface area (Å²) in [6.45, 7) is 2.19. The van der Waals surface area contributed by atoms with E-state index >= 15 is 0 Å². The number of carbonyl (C=O) groups is 1. The van der Waals surface area contributed by atoms with Crippen LogP contribution in [0, 0.1) is 6.92 Å². The summed E-state index contributed by atoms with van der Waals surface area (Å²) in [7, 11) is -3.71. The number of carbonyl (C=O) groups excluding carboxylic acids is 1. The van der Waals surface area contributed by atoms with Gasteiger partial charge in [0.1, 0.15) is 6.04 Å². The van der Waals surface area contributed by atoms with Gasteiger partial charge in [-0.2, -0.15) is 4.31 Å². The first-order valence-corrected chi connectivity index (χ1v) is 8.61. The fourth-order valence-corrected chi connectivity index (χ4v) is 4.05. The van der Waals surface area contributed by atoms with Gasteiger partial charge in [0.2, 0.25) is 10.0 Å². The van der Waals surface area contributed by atoms with Crippen LogP contribution in [0.2, 0.25) is 0 Å². The summed E-state index contributed by atoms with van der Waals surface area (Å²) in [5, 5.41) is -0.0840. The Kier molecular flexibility index (Phi) is 4.99. The van der Waals surface area contributed by atoms with Crippen LogP contribution >= 0.6 is 12.2 Å². The molecule has 1 amide bonds. The summed E-state index contributed by atoms with van der Waals surface area (Å²) in [5.41, 5.74) is 10.9. The maximum absolute atomic E-state index is 12.7. The molecule has 7 nitrogen and oxygen atoms in total. The third kappa shape index (κ3) is 3.54. The van der Waals surface area contributed by atoms with Crippen LogP contribution in [0.5, 0.6) is 0 Å². The molecule has 1 aromatic carbocycles. The molecule has 0 saturated carbocycles. The molecule has 1 saturated heterocycles. The molecule has 1 heterocycles. The fraction of sp³-hybridized carbons (Fsp3) is 0.385. The van der Waals surface area contributed by atoms with Crippen molar-refractivity contribution in [3.8, 4) is 0 Å². The summed E-state index contributed by atoms with van der Waals surface area (Å²) in [5.74, 6) is -0.471. The van der Waals surface area contributed by atoms with E-state index in [1.54, 1.807) is 24.3 Å². The second kappa shape index (κ2) is 6.59. The second-order valence-electron chi connectivity index (χ2n) is 5.07. The minimum absolute atomic E-state index is 0.0840. The first-order chi connectivity index (χ1) is 10.3. The number of amides is 1. The average Bonchev–Trinajstić information content (AvgIpc) is 2.95. The Hall–Kier alpha value is -1.71. The number of nitrogens with zero attached hydrogens (tertiary/aromatic N) is 1. The van der Waals surface area contributed by atoms with Gasteiger partial charge in [0, 0.05) is 6.54 Å². The van der Waals surface area contributed by atoms with Crippen molar-refractivity contribution in [1.82, 2.24) is 15.2 Å². The van der Waals surface area contributed by atoms with Crippen LogP contribution in [0.1, 0.15) is 18.4 Å². The van der Waals surface area contributed by atoms with E-state index in [9.17, 15) is 13.2 Å². The Morgan fingerprint density at radius 3 is 2.55 bits per heavy atom. The zero-order valence-corrected chi connectivity index (χ0v) is 13.7. The molecule has 4 N–H and O–H groups in total. The first kappa shape index (κ1) is 16.7. The summed E-state index contributed by atoms with van der Waals surface area (Å²) < 4.78 is 26.6. The molecule has 0 radical (unpaired) electrons. The Balaban J connectivity index is 2.20. The largest absolute Gasteiger partial charge is 0.375 e. The number of hydrogen-bond acceptors (Lipinski definition) is 4. The third-order valence-electron chi connectivity index (χ3n) is 3.44. The van der Waals surface area contributed by atoms with E-state index in [1.165, 1.54) is 4.31 Å². The highest BCUT2D eigenvalue weighted by atomic mass is 32.2. The second-order valence-corrected chi connectivity index (χ2v) is 7.40. The van der Waals surface area contributed by atoms with E-state index in [1.807, 2.05) is 6.92 Å². The van der Waals surface area contributed by atoms with E-state index in [2.05, 4.69) is 23.1 Å². The molecule has 22 heavy (non-hydrogen) atoms. The number of thiocarbonyl (C=S) groups is 1. The number of hydrazine groups is 1. The molecule has 9 heteroatoms. The number of rotatable bonds is 3. The third-order valence-corrected chi connectivity index (χ3v) is 5.47. The zero-order chi connectivity index (χ0) is 16.3. The average molecular weight is 342 g/mol. The summed E-state index contributed by atoms with van der Waals surface area (Å²) >= 11 is 4.60. The lowest BCUT2D eigenvalue weighted by atomic mass is 10.2. The quantitative estimate of drug-likeness (QED) is 0.528. The number of nitrogens with two attached hydrogens (primary N) is 1. The molecule has 0 aliphatic carbocycles. The number of hydrogen-bond donors (Lipinski definition) is 3. The van der Waals surface area contributed by atoms with Gasteiger partial charge < -0.3 is 5.73 Å². The molecule has 1 aromatic rings. The van der Waals surface area contributed by atoms with Crippen LogP contribution in [0.15, 0.2) is 29.2 Å². The predicted molar refractivity (Wildman–Crippen MR) is 86.2 cm³/mol. The van der Waals surface area contributed by atoms with Crippen molar-refractivity contribution < 1.29 is 13.2 Å². The standard InChI is InChI=1S/C13H18N4O3S2/c1-9-4-6-10(7-5-9)22(19,20)17-8-2-3-11(17)12(18)15-16-13(14)21/h4-7,11H,2-3,8H2,1H3,(H,15,18)(H3,14,16,21). The highest BCUT2D eigenvalue weighted by molar-refractivity contribution is 7.89. The Morgan fingerprint density at radius 2 is 1.95 bits per heavy atom.